The number of benzene rings is 1. The topological polar surface area (TPSA) is 15.3 Å². The van der Waals surface area contributed by atoms with Crippen molar-refractivity contribution in [2.45, 2.75) is 46.6 Å². The van der Waals surface area contributed by atoms with Crippen LogP contribution in [0.1, 0.15) is 45.6 Å². The number of hydrogen-bond donors (Lipinski definition) is 1. The van der Waals surface area contributed by atoms with Crippen LogP contribution in [0, 0.1) is 5.41 Å². The maximum atomic E-state index is 6.40. The molecule has 112 valence electrons. The molecule has 0 atom stereocenters. The number of halogens is 1. The van der Waals surface area contributed by atoms with Crippen LogP contribution in [-0.4, -0.2) is 19.6 Å². The van der Waals surface area contributed by atoms with Crippen LogP contribution < -0.4 is 10.2 Å². The lowest BCUT2D eigenvalue weighted by molar-refractivity contribution is 0.238. The Hall–Kier alpha value is -0.730. The average Bonchev–Trinajstić information content (AvgIpc) is 2.47. The van der Waals surface area contributed by atoms with E-state index in [1.165, 1.54) is 30.5 Å². The van der Waals surface area contributed by atoms with Gasteiger partial charge in [0.15, 0.2) is 0 Å². The van der Waals surface area contributed by atoms with Crippen LogP contribution in [0.15, 0.2) is 18.2 Å². The molecule has 0 saturated carbocycles. The molecule has 20 heavy (non-hydrogen) atoms. The summed E-state index contributed by atoms with van der Waals surface area (Å²) in [6.45, 7) is 10.9. The van der Waals surface area contributed by atoms with Crippen LogP contribution in [0.25, 0.3) is 0 Å². The van der Waals surface area contributed by atoms with Gasteiger partial charge in [0.05, 0.1) is 0 Å². The van der Waals surface area contributed by atoms with Gasteiger partial charge < -0.3 is 10.2 Å². The molecule has 1 aromatic carbocycles. The number of piperidine rings is 1. The second kappa shape index (κ2) is 6.82. The Bertz CT molecular complexity index is 437. The molecule has 0 amide bonds. The van der Waals surface area contributed by atoms with E-state index in [-0.39, 0.29) is 0 Å². The Kier molecular flexibility index (Phi) is 5.34. The Morgan fingerprint density at radius 2 is 1.95 bits per heavy atom. The minimum absolute atomic E-state index is 0.533. The fourth-order valence-electron chi connectivity index (χ4n) is 2.79. The van der Waals surface area contributed by atoms with Gasteiger partial charge in [-0.3, -0.25) is 0 Å². The smallest absolute Gasteiger partial charge is 0.0471 e. The third-order valence-corrected chi connectivity index (χ3v) is 5.14. The zero-order valence-corrected chi connectivity index (χ0v) is 13.8. The SMILES string of the molecule is CCNCc1ccc(N2CCC(C)(CC)CC2)cc1Cl. The normalized spacial score (nSPS) is 18.3. The van der Waals surface area contributed by atoms with Crippen molar-refractivity contribution < 1.29 is 0 Å². The van der Waals surface area contributed by atoms with Gasteiger partial charge in [-0.05, 0) is 42.5 Å². The Labute approximate surface area is 128 Å². The van der Waals surface area contributed by atoms with E-state index in [1.807, 2.05) is 0 Å². The summed E-state index contributed by atoms with van der Waals surface area (Å²) in [7, 11) is 0. The summed E-state index contributed by atoms with van der Waals surface area (Å²) in [5, 5.41) is 4.21. The number of nitrogens with one attached hydrogen (secondary N) is 1. The molecule has 1 aliphatic heterocycles. The summed E-state index contributed by atoms with van der Waals surface area (Å²) in [4.78, 5) is 2.47. The van der Waals surface area contributed by atoms with Crippen LogP contribution >= 0.6 is 11.6 Å². The van der Waals surface area contributed by atoms with Crippen molar-refractivity contribution in [1.82, 2.24) is 5.32 Å². The van der Waals surface area contributed by atoms with E-state index >= 15 is 0 Å². The predicted molar refractivity (Wildman–Crippen MR) is 88.7 cm³/mol. The molecule has 1 N–H and O–H groups in total. The van der Waals surface area contributed by atoms with E-state index in [0.29, 0.717) is 5.41 Å². The number of hydrogen-bond acceptors (Lipinski definition) is 2. The van der Waals surface area contributed by atoms with Crippen molar-refractivity contribution in [3.63, 3.8) is 0 Å². The molecule has 0 aromatic heterocycles. The molecular weight excluding hydrogens is 268 g/mol. The van der Waals surface area contributed by atoms with E-state index < -0.39 is 0 Å². The maximum Gasteiger partial charge on any atom is 0.0471 e. The molecule has 2 nitrogen and oxygen atoms in total. The van der Waals surface area contributed by atoms with Crippen LogP contribution in [0.3, 0.4) is 0 Å². The van der Waals surface area contributed by atoms with E-state index in [9.17, 15) is 0 Å². The van der Waals surface area contributed by atoms with Gasteiger partial charge in [0.1, 0.15) is 0 Å². The van der Waals surface area contributed by atoms with Crippen molar-refractivity contribution in [2.24, 2.45) is 5.41 Å². The first-order valence-corrected chi connectivity index (χ1v) is 8.20. The highest BCUT2D eigenvalue weighted by molar-refractivity contribution is 6.31. The largest absolute Gasteiger partial charge is 0.371 e. The first-order chi connectivity index (χ1) is 9.58. The lowest BCUT2D eigenvalue weighted by atomic mass is 9.78. The van der Waals surface area contributed by atoms with E-state index in [0.717, 1.165) is 31.2 Å². The fraction of sp³-hybridized carbons (Fsp3) is 0.647. The number of nitrogens with zero attached hydrogens (tertiary/aromatic N) is 1. The van der Waals surface area contributed by atoms with Gasteiger partial charge >= 0.3 is 0 Å². The molecule has 0 unspecified atom stereocenters. The highest BCUT2D eigenvalue weighted by Gasteiger charge is 2.28. The fourth-order valence-corrected chi connectivity index (χ4v) is 3.04. The molecule has 1 heterocycles. The maximum absolute atomic E-state index is 6.40. The molecule has 3 heteroatoms. The second-order valence-corrected chi connectivity index (χ2v) is 6.61. The molecule has 1 aromatic rings. The van der Waals surface area contributed by atoms with Crippen LogP contribution in [-0.2, 0) is 6.54 Å². The highest BCUT2D eigenvalue weighted by Crippen LogP contribution is 2.36. The van der Waals surface area contributed by atoms with Gasteiger partial charge in [-0.2, -0.15) is 0 Å². The van der Waals surface area contributed by atoms with Crippen LogP contribution in [0.4, 0.5) is 5.69 Å². The zero-order valence-electron chi connectivity index (χ0n) is 13.0. The molecule has 0 aliphatic carbocycles. The second-order valence-electron chi connectivity index (χ2n) is 6.21. The molecule has 1 saturated heterocycles. The lowest BCUT2D eigenvalue weighted by Gasteiger charge is -2.40. The van der Waals surface area contributed by atoms with Gasteiger partial charge in [0.2, 0.25) is 0 Å². The first-order valence-electron chi connectivity index (χ1n) is 7.82. The standard InChI is InChI=1S/C17H27ClN2/c1-4-17(3)8-10-20(11-9-17)15-7-6-14(13-19-5-2)16(18)12-15/h6-7,12,19H,4-5,8-11,13H2,1-3H3. The highest BCUT2D eigenvalue weighted by atomic mass is 35.5. The molecule has 2 rings (SSSR count). The van der Waals surface area contributed by atoms with E-state index in [1.54, 1.807) is 0 Å². The minimum Gasteiger partial charge on any atom is -0.371 e. The predicted octanol–water partition coefficient (Wildman–Crippen LogP) is 4.47. The zero-order chi connectivity index (χ0) is 14.6. The average molecular weight is 295 g/mol. The quantitative estimate of drug-likeness (QED) is 0.862. The first kappa shape index (κ1) is 15.7. The number of rotatable bonds is 5. The van der Waals surface area contributed by atoms with Gasteiger partial charge in [0.25, 0.3) is 0 Å². The number of anilines is 1. The van der Waals surface area contributed by atoms with Crippen molar-refractivity contribution in [2.75, 3.05) is 24.5 Å². The summed E-state index contributed by atoms with van der Waals surface area (Å²) in [6, 6.07) is 6.50. The molecule has 1 aliphatic rings. The van der Waals surface area contributed by atoms with Crippen molar-refractivity contribution in [3.8, 4) is 0 Å². The third-order valence-electron chi connectivity index (χ3n) is 4.79. The molecular formula is C17H27ClN2. The monoisotopic (exact) mass is 294 g/mol. The van der Waals surface area contributed by atoms with E-state index in [4.69, 9.17) is 11.6 Å². The van der Waals surface area contributed by atoms with Gasteiger partial charge in [-0.1, -0.05) is 44.9 Å². The summed E-state index contributed by atoms with van der Waals surface area (Å²) in [6.07, 6.45) is 3.84. The minimum atomic E-state index is 0.533. The van der Waals surface area contributed by atoms with Gasteiger partial charge in [-0.25, -0.2) is 0 Å². The molecule has 0 bridgehead atoms. The van der Waals surface area contributed by atoms with Crippen molar-refractivity contribution >= 4 is 17.3 Å². The van der Waals surface area contributed by atoms with Gasteiger partial charge in [-0.15, -0.1) is 0 Å². The van der Waals surface area contributed by atoms with Crippen molar-refractivity contribution in [3.05, 3.63) is 28.8 Å². The van der Waals surface area contributed by atoms with Gasteiger partial charge in [0, 0.05) is 30.3 Å². The van der Waals surface area contributed by atoms with Crippen LogP contribution in [0.5, 0.6) is 0 Å². The summed E-state index contributed by atoms with van der Waals surface area (Å²) in [5.41, 5.74) is 2.99. The lowest BCUT2D eigenvalue weighted by Crippen LogP contribution is -2.38. The summed E-state index contributed by atoms with van der Waals surface area (Å²) < 4.78 is 0. The summed E-state index contributed by atoms with van der Waals surface area (Å²) >= 11 is 6.40. The van der Waals surface area contributed by atoms with E-state index in [2.05, 4.69) is 49.2 Å². The Morgan fingerprint density at radius 1 is 1.25 bits per heavy atom. The summed E-state index contributed by atoms with van der Waals surface area (Å²) in [5.74, 6) is 0. The Balaban J connectivity index is 2.02. The molecule has 0 spiro atoms. The van der Waals surface area contributed by atoms with Crippen LogP contribution in [0.2, 0.25) is 5.02 Å². The third kappa shape index (κ3) is 3.67. The Morgan fingerprint density at radius 3 is 2.50 bits per heavy atom. The molecule has 1 fully saturated rings. The van der Waals surface area contributed by atoms with Crippen molar-refractivity contribution in [1.29, 1.82) is 0 Å². The molecule has 0 radical (unpaired) electrons.